The predicted molar refractivity (Wildman–Crippen MR) is 74.8 cm³/mol. The summed E-state index contributed by atoms with van der Waals surface area (Å²) in [6.07, 6.45) is 12.7. The maximum absolute atomic E-state index is 12.8. The highest BCUT2D eigenvalue weighted by Crippen LogP contribution is 2.53. The smallest absolute Gasteiger partial charge is 0.240 e. The molecule has 0 aromatic carbocycles. The maximum atomic E-state index is 12.8. The lowest BCUT2D eigenvalue weighted by atomic mass is 9.63. The van der Waals surface area contributed by atoms with Crippen LogP contribution in [0.4, 0.5) is 0 Å². The van der Waals surface area contributed by atoms with Crippen LogP contribution < -0.4 is 5.32 Å². The number of rotatable bonds is 2. The summed E-state index contributed by atoms with van der Waals surface area (Å²) in [6, 6.07) is 0.500. The van der Waals surface area contributed by atoms with E-state index in [1.54, 1.807) is 0 Å². The van der Waals surface area contributed by atoms with Gasteiger partial charge in [-0.15, -0.1) is 0 Å². The van der Waals surface area contributed by atoms with Gasteiger partial charge in [0.2, 0.25) is 5.91 Å². The predicted octanol–water partition coefficient (Wildman–Crippen LogP) is 2.45. The van der Waals surface area contributed by atoms with Crippen LogP contribution in [-0.2, 0) is 4.79 Å². The fourth-order valence-corrected chi connectivity index (χ4v) is 5.37. The number of nitrogens with zero attached hydrogens (tertiary/aromatic N) is 1. The lowest BCUT2D eigenvalue weighted by molar-refractivity contribution is -0.133. The van der Waals surface area contributed by atoms with Crippen molar-refractivity contribution in [2.45, 2.75) is 75.8 Å². The lowest BCUT2D eigenvalue weighted by Gasteiger charge is -2.49. The SMILES string of the molecule is O=C(N[C@H]1CCC12CCCC2)C12CCCN1CCC2. The maximum Gasteiger partial charge on any atom is 0.240 e. The highest BCUT2D eigenvalue weighted by molar-refractivity contribution is 5.87. The first kappa shape index (κ1) is 12.2. The Morgan fingerprint density at radius 3 is 2.21 bits per heavy atom. The number of hydrogen-bond donors (Lipinski definition) is 1. The van der Waals surface area contributed by atoms with Crippen molar-refractivity contribution in [3.05, 3.63) is 0 Å². The molecule has 0 unspecified atom stereocenters. The van der Waals surface area contributed by atoms with Crippen LogP contribution in [0.3, 0.4) is 0 Å². The molecule has 0 aromatic heterocycles. The van der Waals surface area contributed by atoms with Crippen molar-refractivity contribution < 1.29 is 4.79 Å². The summed E-state index contributed by atoms with van der Waals surface area (Å²) in [7, 11) is 0. The van der Waals surface area contributed by atoms with Crippen molar-refractivity contribution in [3.63, 3.8) is 0 Å². The van der Waals surface area contributed by atoms with Gasteiger partial charge in [-0.2, -0.15) is 0 Å². The molecule has 19 heavy (non-hydrogen) atoms. The van der Waals surface area contributed by atoms with Gasteiger partial charge in [-0.25, -0.2) is 0 Å². The molecule has 4 aliphatic rings. The normalized spacial score (nSPS) is 35.3. The summed E-state index contributed by atoms with van der Waals surface area (Å²) in [5.74, 6) is 0.374. The Labute approximate surface area is 116 Å². The second-order valence-corrected chi connectivity index (χ2v) is 7.36. The molecule has 2 aliphatic carbocycles. The van der Waals surface area contributed by atoms with E-state index in [4.69, 9.17) is 0 Å². The van der Waals surface area contributed by atoms with Crippen molar-refractivity contribution >= 4 is 5.91 Å². The molecule has 0 bridgehead atoms. The van der Waals surface area contributed by atoms with Crippen LogP contribution in [0.5, 0.6) is 0 Å². The molecule has 2 aliphatic heterocycles. The van der Waals surface area contributed by atoms with Crippen molar-refractivity contribution in [1.82, 2.24) is 10.2 Å². The number of nitrogens with one attached hydrogen (secondary N) is 1. The van der Waals surface area contributed by atoms with E-state index in [2.05, 4.69) is 10.2 Å². The number of carbonyl (C=O) groups excluding carboxylic acids is 1. The van der Waals surface area contributed by atoms with Crippen LogP contribution >= 0.6 is 0 Å². The van der Waals surface area contributed by atoms with Crippen LogP contribution in [0.1, 0.15) is 64.2 Å². The van der Waals surface area contributed by atoms with E-state index < -0.39 is 0 Å². The van der Waals surface area contributed by atoms with E-state index in [-0.39, 0.29) is 5.54 Å². The summed E-state index contributed by atoms with van der Waals surface area (Å²) in [6.45, 7) is 2.28. The monoisotopic (exact) mass is 262 g/mol. The lowest BCUT2D eigenvalue weighted by Crippen LogP contribution is -2.60. The molecule has 2 saturated carbocycles. The van der Waals surface area contributed by atoms with Gasteiger partial charge in [-0.3, -0.25) is 9.69 Å². The molecule has 4 rings (SSSR count). The molecular formula is C16H26N2O. The van der Waals surface area contributed by atoms with E-state index in [1.807, 2.05) is 0 Å². The van der Waals surface area contributed by atoms with Crippen molar-refractivity contribution in [3.8, 4) is 0 Å². The summed E-state index contributed by atoms with van der Waals surface area (Å²) < 4.78 is 0. The van der Waals surface area contributed by atoms with Crippen molar-refractivity contribution in [2.75, 3.05) is 13.1 Å². The number of hydrogen-bond acceptors (Lipinski definition) is 2. The summed E-state index contributed by atoms with van der Waals surface area (Å²) >= 11 is 0. The highest BCUT2D eigenvalue weighted by atomic mass is 16.2. The second kappa shape index (κ2) is 4.21. The first-order valence-electron chi connectivity index (χ1n) is 8.31. The van der Waals surface area contributed by atoms with Gasteiger partial charge < -0.3 is 5.32 Å². The molecule has 3 nitrogen and oxygen atoms in total. The Hall–Kier alpha value is -0.570. The molecule has 1 N–H and O–H groups in total. The van der Waals surface area contributed by atoms with Gasteiger partial charge in [-0.05, 0) is 69.9 Å². The average Bonchev–Trinajstić information content (AvgIpc) is 3.07. The van der Waals surface area contributed by atoms with Gasteiger partial charge in [0.25, 0.3) is 0 Å². The van der Waals surface area contributed by atoms with Crippen LogP contribution in [0.2, 0.25) is 0 Å². The van der Waals surface area contributed by atoms with E-state index in [0.717, 1.165) is 25.9 Å². The van der Waals surface area contributed by atoms with Crippen LogP contribution in [0.25, 0.3) is 0 Å². The Morgan fingerprint density at radius 1 is 0.947 bits per heavy atom. The second-order valence-electron chi connectivity index (χ2n) is 7.36. The Bertz CT molecular complexity index is 376. The minimum absolute atomic E-state index is 0.102. The molecule has 1 amide bonds. The zero-order chi connectivity index (χ0) is 12.9. The van der Waals surface area contributed by atoms with Crippen LogP contribution in [-0.4, -0.2) is 35.5 Å². The number of fused-ring (bicyclic) bond motifs is 1. The Kier molecular flexibility index (Phi) is 2.70. The zero-order valence-corrected chi connectivity index (χ0v) is 11.9. The Morgan fingerprint density at radius 2 is 1.63 bits per heavy atom. The first-order chi connectivity index (χ1) is 9.25. The Balaban J connectivity index is 1.47. The highest BCUT2D eigenvalue weighted by Gasteiger charge is 2.54. The first-order valence-corrected chi connectivity index (χ1v) is 8.31. The van der Waals surface area contributed by atoms with Crippen molar-refractivity contribution in [1.29, 1.82) is 0 Å². The molecule has 106 valence electrons. The van der Waals surface area contributed by atoms with E-state index in [0.29, 0.717) is 17.4 Å². The number of carbonyl (C=O) groups is 1. The van der Waals surface area contributed by atoms with Gasteiger partial charge >= 0.3 is 0 Å². The standard InChI is InChI=1S/C16H26N2O/c19-14(16-8-3-11-18(16)12-4-9-16)17-13-5-10-15(13)6-1-2-7-15/h13H,1-12H2,(H,17,19)/t13-/m0/s1. The summed E-state index contributed by atoms with van der Waals surface area (Å²) in [5, 5.41) is 3.47. The van der Waals surface area contributed by atoms with E-state index >= 15 is 0 Å². The largest absolute Gasteiger partial charge is 0.351 e. The average molecular weight is 262 g/mol. The van der Waals surface area contributed by atoms with Crippen LogP contribution in [0, 0.1) is 5.41 Å². The topological polar surface area (TPSA) is 32.3 Å². The van der Waals surface area contributed by atoms with Crippen LogP contribution in [0.15, 0.2) is 0 Å². The third-order valence-electron chi connectivity index (χ3n) is 6.64. The van der Waals surface area contributed by atoms with Gasteiger partial charge in [0.1, 0.15) is 5.54 Å². The molecule has 1 spiro atoms. The van der Waals surface area contributed by atoms with Gasteiger partial charge in [0.05, 0.1) is 0 Å². The molecular weight excluding hydrogens is 236 g/mol. The van der Waals surface area contributed by atoms with Gasteiger partial charge in [0, 0.05) is 6.04 Å². The molecule has 0 aromatic rings. The molecule has 3 heteroatoms. The van der Waals surface area contributed by atoms with Crippen molar-refractivity contribution in [2.24, 2.45) is 5.41 Å². The third kappa shape index (κ3) is 1.63. The number of amides is 1. The third-order valence-corrected chi connectivity index (χ3v) is 6.64. The minimum atomic E-state index is -0.102. The fourth-order valence-electron chi connectivity index (χ4n) is 5.37. The summed E-state index contributed by atoms with van der Waals surface area (Å²) in [5.41, 5.74) is 0.406. The molecule has 0 radical (unpaired) electrons. The van der Waals surface area contributed by atoms with Gasteiger partial charge in [0.15, 0.2) is 0 Å². The zero-order valence-electron chi connectivity index (χ0n) is 11.9. The fraction of sp³-hybridized carbons (Fsp3) is 0.938. The van der Waals surface area contributed by atoms with E-state index in [1.165, 1.54) is 51.4 Å². The summed E-state index contributed by atoms with van der Waals surface area (Å²) in [4.78, 5) is 15.3. The van der Waals surface area contributed by atoms with Gasteiger partial charge in [-0.1, -0.05) is 12.8 Å². The molecule has 1 atom stereocenters. The molecule has 2 heterocycles. The minimum Gasteiger partial charge on any atom is -0.351 e. The quantitative estimate of drug-likeness (QED) is 0.829. The van der Waals surface area contributed by atoms with E-state index in [9.17, 15) is 4.79 Å². The molecule has 4 fully saturated rings. The molecule has 2 saturated heterocycles.